The summed E-state index contributed by atoms with van der Waals surface area (Å²) in [7, 11) is 1.48. The highest BCUT2D eigenvalue weighted by Crippen LogP contribution is 2.28. The molecule has 0 saturated heterocycles. The maximum absolute atomic E-state index is 12.0. The van der Waals surface area contributed by atoms with E-state index >= 15 is 0 Å². The van der Waals surface area contributed by atoms with Gasteiger partial charge in [0.25, 0.3) is 0 Å². The maximum atomic E-state index is 12.0. The summed E-state index contributed by atoms with van der Waals surface area (Å²) in [4.78, 5) is 14.7. The summed E-state index contributed by atoms with van der Waals surface area (Å²) in [6.07, 6.45) is 1.42. The standard InChI is InChI=1S/C15H12N8O2S/c1-25-13-6-5-9(7-12(13)19-23-16)8-17-20-15(24)18-10-3-2-4-11-14(10)22-26-21-11/h2-8H,1H3,(H2,18,20,24)/b17-8+. The molecule has 26 heavy (non-hydrogen) atoms. The van der Waals surface area contributed by atoms with Crippen LogP contribution >= 0.6 is 11.7 Å². The second kappa shape index (κ2) is 7.92. The molecule has 0 aliphatic rings. The summed E-state index contributed by atoms with van der Waals surface area (Å²) >= 11 is 1.07. The van der Waals surface area contributed by atoms with Gasteiger partial charge in [0, 0.05) is 4.91 Å². The van der Waals surface area contributed by atoms with Gasteiger partial charge < -0.3 is 10.1 Å². The predicted octanol–water partition coefficient (Wildman–Crippen LogP) is 3.80. The third kappa shape index (κ3) is 3.86. The van der Waals surface area contributed by atoms with Crippen LogP contribution in [-0.4, -0.2) is 28.1 Å². The fourth-order valence-corrected chi connectivity index (χ4v) is 2.69. The molecular weight excluding hydrogens is 356 g/mol. The van der Waals surface area contributed by atoms with Gasteiger partial charge in [0.2, 0.25) is 0 Å². The Morgan fingerprint density at radius 1 is 1.35 bits per heavy atom. The Bertz CT molecular complexity index is 1030. The molecule has 0 aliphatic heterocycles. The Morgan fingerprint density at radius 2 is 2.23 bits per heavy atom. The number of hydrogen-bond acceptors (Lipinski definition) is 7. The maximum Gasteiger partial charge on any atom is 0.339 e. The molecule has 3 rings (SSSR count). The minimum atomic E-state index is -0.523. The predicted molar refractivity (Wildman–Crippen MR) is 99.0 cm³/mol. The summed E-state index contributed by atoms with van der Waals surface area (Å²) in [5.41, 5.74) is 13.7. The quantitative estimate of drug-likeness (QED) is 0.232. The van der Waals surface area contributed by atoms with Gasteiger partial charge in [-0.05, 0) is 41.4 Å². The number of carbonyl (C=O) groups is 1. The van der Waals surface area contributed by atoms with Gasteiger partial charge in [0.15, 0.2) is 0 Å². The molecular formula is C15H12N8O2S. The van der Waals surface area contributed by atoms with Gasteiger partial charge in [0.05, 0.1) is 36.4 Å². The smallest absolute Gasteiger partial charge is 0.339 e. The van der Waals surface area contributed by atoms with Gasteiger partial charge in [-0.25, -0.2) is 10.2 Å². The van der Waals surface area contributed by atoms with E-state index in [9.17, 15) is 4.79 Å². The van der Waals surface area contributed by atoms with Crippen molar-refractivity contribution in [1.29, 1.82) is 0 Å². The second-order valence-corrected chi connectivity index (χ2v) is 5.41. The lowest BCUT2D eigenvalue weighted by atomic mass is 10.2. The fourth-order valence-electron chi connectivity index (χ4n) is 2.14. The van der Waals surface area contributed by atoms with E-state index in [1.54, 1.807) is 30.3 Å². The molecule has 0 unspecified atom stereocenters. The lowest BCUT2D eigenvalue weighted by Crippen LogP contribution is -2.24. The molecule has 1 heterocycles. The molecule has 2 amide bonds. The van der Waals surface area contributed by atoms with Crippen molar-refractivity contribution >= 4 is 46.4 Å². The van der Waals surface area contributed by atoms with Crippen LogP contribution in [0.1, 0.15) is 5.56 Å². The van der Waals surface area contributed by atoms with Crippen molar-refractivity contribution in [3.8, 4) is 5.75 Å². The van der Waals surface area contributed by atoms with Crippen molar-refractivity contribution in [2.45, 2.75) is 0 Å². The summed E-state index contributed by atoms with van der Waals surface area (Å²) in [5.74, 6) is 0.440. The van der Waals surface area contributed by atoms with Gasteiger partial charge in [-0.15, -0.1) is 0 Å². The van der Waals surface area contributed by atoms with Crippen LogP contribution in [0.4, 0.5) is 16.2 Å². The minimum absolute atomic E-state index is 0.325. The molecule has 130 valence electrons. The summed E-state index contributed by atoms with van der Waals surface area (Å²) in [6, 6.07) is 9.72. The minimum Gasteiger partial charge on any atom is -0.496 e. The first kappa shape index (κ1) is 17.1. The zero-order valence-electron chi connectivity index (χ0n) is 13.4. The normalized spacial score (nSPS) is 10.5. The first-order valence-corrected chi connectivity index (χ1v) is 7.99. The van der Waals surface area contributed by atoms with E-state index in [4.69, 9.17) is 10.3 Å². The van der Waals surface area contributed by atoms with Crippen molar-refractivity contribution in [2.24, 2.45) is 10.2 Å². The SMILES string of the molecule is COc1ccc(/C=N/NC(=O)Nc2cccc3nsnc23)cc1N=[N+]=[N-]. The van der Waals surface area contributed by atoms with E-state index in [2.05, 4.69) is 34.6 Å². The molecule has 3 aromatic rings. The Hall–Kier alpha value is -3.69. The molecule has 2 N–H and O–H groups in total. The molecule has 0 aliphatic carbocycles. The van der Waals surface area contributed by atoms with Gasteiger partial charge in [-0.2, -0.15) is 13.8 Å². The summed E-state index contributed by atoms with van der Waals surface area (Å²) in [6.45, 7) is 0. The molecule has 0 atom stereocenters. The van der Waals surface area contributed by atoms with E-state index in [-0.39, 0.29) is 0 Å². The lowest BCUT2D eigenvalue weighted by Gasteiger charge is -2.05. The Kier molecular flexibility index (Phi) is 5.22. The number of hydrogen-bond donors (Lipinski definition) is 2. The van der Waals surface area contributed by atoms with Crippen LogP contribution in [0.2, 0.25) is 0 Å². The number of anilines is 1. The van der Waals surface area contributed by atoms with Crippen LogP contribution < -0.4 is 15.5 Å². The molecule has 0 saturated carbocycles. The molecule has 10 nitrogen and oxygen atoms in total. The largest absolute Gasteiger partial charge is 0.496 e. The Labute approximate surface area is 151 Å². The molecule has 1 aromatic heterocycles. The van der Waals surface area contributed by atoms with Crippen LogP contribution in [-0.2, 0) is 0 Å². The van der Waals surface area contributed by atoms with Crippen molar-refractivity contribution in [2.75, 3.05) is 12.4 Å². The highest BCUT2D eigenvalue weighted by Gasteiger charge is 2.07. The third-order valence-electron chi connectivity index (χ3n) is 3.27. The van der Waals surface area contributed by atoms with Crippen molar-refractivity contribution in [1.82, 2.24) is 14.2 Å². The Morgan fingerprint density at radius 3 is 3.04 bits per heavy atom. The monoisotopic (exact) mass is 368 g/mol. The molecule has 0 fully saturated rings. The number of benzene rings is 2. The van der Waals surface area contributed by atoms with E-state index in [0.29, 0.717) is 33.7 Å². The van der Waals surface area contributed by atoms with Gasteiger partial charge in [-0.3, -0.25) is 0 Å². The third-order valence-corrected chi connectivity index (χ3v) is 3.81. The summed E-state index contributed by atoms with van der Waals surface area (Å²) < 4.78 is 13.3. The van der Waals surface area contributed by atoms with Crippen molar-refractivity contribution in [3.05, 3.63) is 52.4 Å². The van der Waals surface area contributed by atoms with Crippen LogP contribution in [0, 0.1) is 0 Å². The number of nitrogens with one attached hydrogen (secondary N) is 2. The zero-order valence-corrected chi connectivity index (χ0v) is 14.3. The number of azide groups is 1. The zero-order chi connectivity index (χ0) is 18.4. The number of hydrazone groups is 1. The van der Waals surface area contributed by atoms with Crippen LogP contribution in [0.5, 0.6) is 5.75 Å². The number of rotatable bonds is 5. The number of nitrogens with zero attached hydrogens (tertiary/aromatic N) is 6. The van der Waals surface area contributed by atoms with Gasteiger partial charge in [-0.1, -0.05) is 11.2 Å². The first-order valence-electron chi connectivity index (χ1n) is 7.25. The van der Waals surface area contributed by atoms with Gasteiger partial charge >= 0.3 is 6.03 Å². The summed E-state index contributed by atoms with van der Waals surface area (Å²) in [5, 5.41) is 10.1. The topological polar surface area (TPSA) is 137 Å². The van der Waals surface area contributed by atoms with Gasteiger partial charge in [0.1, 0.15) is 16.8 Å². The molecule has 2 aromatic carbocycles. The molecule has 0 spiro atoms. The number of carbonyl (C=O) groups excluding carboxylic acids is 1. The van der Waals surface area contributed by atoms with Crippen LogP contribution in [0.3, 0.4) is 0 Å². The first-order chi connectivity index (χ1) is 12.7. The van der Waals surface area contributed by atoms with E-state index in [1.807, 2.05) is 6.07 Å². The van der Waals surface area contributed by atoms with Crippen LogP contribution in [0.15, 0.2) is 46.6 Å². The highest BCUT2D eigenvalue weighted by atomic mass is 32.1. The molecule has 0 radical (unpaired) electrons. The number of ether oxygens (including phenoxy) is 1. The number of methoxy groups -OCH3 is 1. The second-order valence-electron chi connectivity index (χ2n) is 4.88. The van der Waals surface area contributed by atoms with E-state index in [1.165, 1.54) is 13.3 Å². The Balaban J connectivity index is 1.66. The van der Waals surface area contributed by atoms with Crippen LogP contribution in [0.25, 0.3) is 21.5 Å². The van der Waals surface area contributed by atoms with Crippen molar-refractivity contribution in [3.63, 3.8) is 0 Å². The van der Waals surface area contributed by atoms with E-state index in [0.717, 1.165) is 11.7 Å². The average molecular weight is 368 g/mol. The lowest BCUT2D eigenvalue weighted by molar-refractivity contribution is 0.252. The molecule has 11 heteroatoms. The number of aromatic nitrogens is 2. The average Bonchev–Trinajstić information content (AvgIpc) is 3.12. The van der Waals surface area contributed by atoms with E-state index < -0.39 is 6.03 Å². The van der Waals surface area contributed by atoms with Crippen molar-refractivity contribution < 1.29 is 9.53 Å². The molecule has 0 bridgehead atoms. The number of fused-ring (bicyclic) bond motifs is 1. The number of amides is 2. The fraction of sp³-hybridized carbons (Fsp3) is 0.0667. The number of urea groups is 1. The highest BCUT2D eigenvalue weighted by molar-refractivity contribution is 7.00.